The number of halogens is 1. The van der Waals surface area contributed by atoms with E-state index in [0.717, 1.165) is 5.56 Å². The maximum Gasteiger partial charge on any atom is 0.319 e. The van der Waals surface area contributed by atoms with E-state index in [-0.39, 0.29) is 11.6 Å². The van der Waals surface area contributed by atoms with Crippen molar-refractivity contribution in [2.75, 3.05) is 11.9 Å². The van der Waals surface area contributed by atoms with Crippen molar-refractivity contribution in [3.8, 4) is 5.75 Å². The highest BCUT2D eigenvalue weighted by Gasteiger charge is 2.04. The third kappa shape index (κ3) is 3.98. The SMILES string of the molecule is O=C(NCCc1cccc(F)c1)Nc1ccccc1O. The van der Waals surface area contributed by atoms with Gasteiger partial charge in [0.15, 0.2) is 0 Å². The summed E-state index contributed by atoms with van der Waals surface area (Å²) in [6, 6.07) is 12.3. The van der Waals surface area contributed by atoms with Crippen molar-refractivity contribution in [2.24, 2.45) is 0 Å². The number of benzene rings is 2. The third-order valence-electron chi connectivity index (χ3n) is 2.74. The average Bonchev–Trinajstić information content (AvgIpc) is 2.41. The molecular formula is C15H15FN2O2. The summed E-state index contributed by atoms with van der Waals surface area (Å²) in [6.07, 6.45) is 0.534. The maximum atomic E-state index is 13.0. The molecule has 0 radical (unpaired) electrons. The van der Waals surface area contributed by atoms with Crippen LogP contribution in [0.3, 0.4) is 0 Å². The first-order chi connectivity index (χ1) is 9.65. The molecule has 0 aromatic heterocycles. The van der Waals surface area contributed by atoms with Gasteiger partial charge in [-0.2, -0.15) is 0 Å². The molecule has 4 nitrogen and oxygen atoms in total. The van der Waals surface area contributed by atoms with E-state index >= 15 is 0 Å². The molecule has 0 unspecified atom stereocenters. The standard InChI is InChI=1S/C15H15FN2O2/c16-12-5-3-4-11(10-12)8-9-17-15(20)18-13-6-1-2-7-14(13)19/h1-7,10,19H,8-9H2,(H2,17,18,20). The molecule has 2 amide bonds. The Kier molecular flexibility index (Phi) is 4.55. The predicted octanol–water partition coefficient (Wildman–Crippen LogP) is 2.90. The van der Waals surface area contributed by atoms with E-state index in [1.54, 1.807) is 30.3 Å². The molecule has 0 aliphatic rings. The summed E-state index contributed by atoms with van der Waals surface area (Å²) < 4.78 is 13.0. The van der Waals surface area contributed by atoms with Gasteiger partial charge in [-0.15, -0.1) is 0 Å². The molecule has 20 heavy (non-hydrogen) atoms. The van der Waals surface area contributed by atoms with Gasteiger partial charge < -0.3 is 15.7 Å². The van der Waals surface area contributed by atoms with Crippen LogP contribution in [0.15, 0.2) is 48.5 Å². The molecule has 0 fully saturated rings. The van der Waals surface area contributed by atoms with Crippen LogP contribution in [-0.2, 0) is 6.42 Å². The predicted molar refractivity (Wildman–Crippen MR) is 75.2 cm³/mol. The number of phenols is 1. The maximum absolute atomic E-state index is 13.0. The van der Waals surface area contributed by atoms with Crippen molar-refractivity contribution in [3.63, 3.8) is 0 Å². The second kappa shape index (κ2) is 6.56. The number of anilines is 1. The fourth-order valence-corrected chi connectivity index (χ4v) is 1.76. The van der Waals surface area contributed by atoms with Gasteiger partial charge in [0.2, 0.25) is 0 Å². The quantitative estimate of drug-likeness (QED) is 0.751. The van der Waals surface area contributed by atoms with Gasteiger partial charge in [0.1, 0.15) is 11.6 Å². The lowest BCUT2D eigenvalue weighted by Crippen LogP contribution is -2.30. The van der Waals surface area contributed by atoms with E-state index in [0.29, 0.717) is 18.7 Å². The number of aromatic hydroxyl groups is 1. The van der Waals surface area contributed by atoms with Crippen LogP contribution in [0.1, 0.15) is 5.56 Å². The molecule has 3 N–H and O–H groups in total. The van der Waals surface area contributed by atoms with Gasteiger partial charge in [0, 0.05) is 6.54 Å². The van der Waals surface area contributed by atoms with E-state index < -0.39 is 6.03 Å². The van der Waals surface area contributed by atoms with Crippen LogP contribution in [-0.4, -0.2) is 17.7 Å². The first-order valence-electron chi connectivity index (χ1n) is 6.22. The Morgan fingerprint density at radius 1 is 1.15 bits per heavy atom. The number of nitrogens with one attached hydrogen (secondary N) is 2. The topological polar surface area (TPSA) is 61.4 Å². The Bertz CT molecular complexity index is 602. The van der Waals surface area contributed by atoms with Crippen LogP contribution >= 0.6 is 0 Å². The Morgan fingerprint density at radius 3 is 2.70 bits per heavy atom. The number of urea groups is 1. The molecule has 5 heteroatoms. The van der Waals surface area contributed by atoms with Crippen molar-refractivity contribution in [3.05, 3.63) is 59.9 Å². The normalized spacial score (nSPS) is 10.1. The zero-order valence-electron chi connectivity index (χ0n) is 10.8. The number of hydrogen-bond acceptors (Lipinski definition) is 2. The van der Waals surface area contributed by atoms with Crippen molar-refractivity contribution in [1.29, 1.82) is 0 Å². The zero-order chi connectivity index (χ0) is 14.4. The molecular weight excluding hydrogens is 259 g/mol. The lowest BCUT2D eigenvalue weighted by Gasteiger charge is -2.08. The number of hydrogen-bond donors (Lipinski definition) is 3. The molecule has 2 rings (SSSR count). The Labute approximate surface area is 116 Å². The first-order valence-corrected chi connectivity index (χ1v) is 6.22. The van der Waals surface area contributed by atoms with Crippen molar-refractivity contribution in [2.45, 2.75) is 6.42 Å². The van der Waals surface area contributed by atoms with Crippen LogP contribution < -0.4 is 10.6 Å². The molecule has 104 valence electrons. The van der Waals surface area contributed by atoms with E-state index in [2.05, 4.69) is 10.6 Å². The van der Waals surface area contributed by atoms with Crippen LogP contribution in [0, 0.1) is 5.82 Å². The molecule has 2 aromatic carbocycles. The van der Waals surface area contributed by atoms with Gasteiger partial charge in [0.05, 0.1) is 5.69 Å². The molecule has 2 aromatic rings. The fraction of sp³-hybridized carbons (Fsp3) is 0.133. The highest BCUT2D eigenvalue weighted by Crippen LogP contribution is 2.20. The molecule has 0 atom stereocenters. The summed E-state index contributed by atoms with van der Waals surface area (Å²) in [4.78, 5) is 11.6. The zero-order valence-corrected chi connectivity index (χ0v) is 10.8. The largest absolute Gasteiger partial charge is 0.506 e. The van der Waals surface area contributed by atoms with Gasteiger partial charge in [-0.05, 0) is 36.2 Å². The van der Waals surface area contributed by atoms with Crippen molar-refractivity contribution in [1.82, 2.24) is 5.32 Å². The van der Waals surface area contributed by atoms with Crippen LogP contribution in [0.4, 0.5) is 14.9 Å². The van der Waals surface area contributed by atoms with Crippen molar-refractivity contribution >= 4 is 11.7 Å². The monoisotopic (exact) mass is 274 g/mol. The number of rotatable bonds is 4. The summed E-state index contributed by atoms with van der Waals surface area (Å²) in [5, 5.41) is 14.7. The number of carbonyl (C=O) groups is 1. The molecule has 0 aliphatic heterocycles. The summed E-state index contributed by atoms with van der Waals surface area (Å²) >= 11 is 0. The summed E-state index contributed by atoms with van der Waals surface area (Å²) in [5.74, 6) is -0.283. The van der Waals surface area contributed by atoms with Gasteiger partial charge in [-0.25, -0.2) is 9.18 Å². The van der Waals surface area contributed by atoms with Crippen LogP contribution in [0.5, 0.6) is 5.75 Å². The highest BCUT2D eigenvalue weighted by molar-refractivity contribution is 5.90. The van der Waals surface area contributed by atoms with Crippen molar-refractivity contribution < 1.29 is 14.3 Å². The van der Waals surface area contributed by atoms with E-state index in [1.165, 1.54) is 18.2 Å². The molecule has 0 aliphatic carbocycles. The van der Waals surface area contributed by atoms with E-state index in [9.17, 15) is 14.3 Å². The summed E-state index contributed by atoms with van der Waals surface area (Å²) in [6.45, 7) is 0.378. The smallest absolute Gasteiger partial charge is 0.319 e. The minimum Gasteiger partial charge on any atom is -0.506 e. The fourth-order valence-electron chi connectivity index (χ4n) is 1.76. The molecule has 0 heterocycles. The minimum atomic E-state index is -0.414. The van der Waals surface area contributed by atoms with Gasteiger partial charge in [-0.1, -0.05) is 24.3 Å². The van der Waals surface area contributed by atoms with Gasteiger partial charge in [0.25, 0.3) is 0 Å². The highest BCUT2D eigenvalue weighted by atomic mass is 19.1. The average molecular weight is 274 g/mol. The van der Waals surface area contributed by atoms with E-state index in [4.69, 9.17) is 0 Å². The van der Waals surface area contributed by atoms with E-state index in [1.807, 2.05) is 0 Å². The lowest BCUT2D eigenvalue weighted by molar-refractivity contribution is 0.252. The van der Waals surface area contributed by atoms with Gasteiger partial charge >= 0.3 is 6.03 Å². The summed E-state index contributed by atoms with van der Waals surface area (Å²) in [5.41, 5.74) is 1.16. The van der Waals surface area contributed by atoms with Gasteiger partial charge in [-0.3, -0.25) is 0 Å². The number of amides is 2. The third-order valence-corrected chi connectivity index (χ3v) is 2.74. The first kappa shape index (κ1) is 13.9. The lowest BCUT2D eigenvalue weighted by atomic mass is 10.1. The Hall–Kier alpha value is -2.56. The number of carbonyl (C=O) groups excluding carboxylic acids is 1. The second-order valence-corrected chi connectivity index (χ2v) is 4.28. The van der Waals surface area contributed by atoms with Crippen LogP contribution in [0.2, 0.25) is 0 Å². The number of para-hydroxylation sites is 2. The molecule has 0 spiro atoms. The second-order valence-electron chi connectivity index (χ2n) is 4.28. The minimum absolute atomic E-state index is 0.00720. The molecule has 0 saturated heterocycles. The molecule has 0 saturated carbocycles. The summed E-state index contributed by atoms with van der Waals surface area (Å²) in [7, 11) is 0. The molecule has 0 bridgehead atoms. The van der Waals surface area contributed by atoms with Crippen LogP contribution in [0.25, 0.3) is 0 Å². The Balaban J connectivity index is 1.80. The Morgan fingerprint density at radius 2 is 1.95 bits per heavy atom. The number of phenolic OH excluding ortho intramolecular Hbond substituents is 1.